The maximum Gasteiger partial charge on any atom is 0.255 e. The van der Waals surface area contributed by atoms with Crippen LogP contribution in [0.2, 0.25) is 0 Å². The van der Waals surface area contributed by atoms with Gasteiger partial charge in [-0.3, -0.25) is 14.7 Å². The van der Waals surface area contributed by atoms with E-state index < -0.39 is 0 Å². The Kier molecular flexibility index (Phi) is 3.25. The summed E-state index contributed by atoms with van der Waals surface area (Å²) in [6, 6.07) is 0. The highest BCUT2D eigenvalue weighted by Crippen LogP contribution is 2.14. The molecule has 1 aromatic rings. The zero-order valence-corrected chi connectivity index (χ0v) is 10.5. The second-order valence-corrected chi connectivity index (χ2v) is 5.15. The van der Waals surface area contributed by atoms with Crippen molar-refractivity contribution in [1.29, 1.82) is 0 Å². The molecule has 2 rings (SSSR count). The Hall–Kier alpha value is -0.940. The van der Waals surface area contributed by atoms with E-state index in [2.05, 4.69) is 28.7 Å². The van der Waals surface area contributed by atoms with Crippen LogP contribution in [0.15, 0.2) is 4.79 Å². The maximum absolute atomic E-state index is 11.7. The van der Waals surface area contributed by atoms with Crippen molar-refractivity contribution in [3.63, 3.8) is 0 Å². The van der Waals surface area contributed by atoms with Crippen LogP contribution >= 0.6 is 12.2 Å². The van der Waals surface area contributed by atoms with Crippen LogP contribution in [0.3, 0.4) is 0 Å². The van der Waals surface area contributed by atoms with Gasteiger partial charge in [-0.15, -0.1) is 0 Å². The molecule has 16 heavy (non-hydrogen) atoms. The molecule has 1 aliphatic heterocycles. The highest BCUT2D eigenvalue weighted by Gasteiger charge is 2.19. The first-order valence-corrected chi connectivity index (χ1v) is 6.04. The molecule has 5 heteroatoms. The van der Waals surface area contributed by atoms with E-state index in [0.29, 0.717) is 10.7 Å². The molecule has 0 fully saturated rings. The van der Waals surface area contributed by atoms with Crippen LogP contribution < -0.4 is 5.56 Å². The van der Waals surface area contributed by atoms with Crippen LogP contribution in [0.25, 0.3) is 0 Å². The van der Waals surface area contributed by atoms with E-state index in [1.165, 1.54) is 0 Å². The van der Waals surface area contributed by atoms with Gasteiger partial charge in [-0.2, -0.15) is 0 Å². The Morgan fingerprint density at radius 2 is 2.19 bits per heavy atom. The standard InChI is InChI=1S/C11H17N3OS/c1-7(2)5-14-4-3-8-9(6-14)12-11(16)13-10(8)15/h7H,3-6H2,1-2H3,(H2,12,13,15,16). The SMILES string of the molecule is CC(C)CN1CCc2c([nH]c(=S)[nH]c2=O)C1. The van der Waals surface area contributed by atoms with Crippen molar-refractivity contribution in [3.05, 3.63) is 26.4 Å². The van der Waals surface area contributed by atoms with Crippen LogP contribution in [0, 0.1) is 10.7 Å². The van der Waals surface area contributed by atoms with Crippen LogP contribution in [-0.4, -0.2) is 28.0 Å². The summed E-state index contributed by atoms with van der Waals surface area (Å²) in [5, 5.41) is 0. The monoisotopic (exact) mass is 239 g/mol. The molecule has 0 atom stereocenters. The molecule has 0 aliphatic carbocycles. The second-order valence-electron chi connectivity index (χ2n) is 4.74. The first-order chi connectivity index (χ1) is 7.56. The average molecular weight is 239 g/mol. The topological polar surface area (TPSA) is 51.9 Å². The number of rotatable bonds is 2. The van der Waals surface area contributed by atoms with Crippen molar-refractivity contribution in [2.75, 3.05) is 13.1 Å². The van der Waals surface area contributed by atoms with Crippen molar-refractivity contribution in [2.24, 2.45) is 5.92 Å². The average Bonchev–Trinajstić information content (AvgIpc) is 2.15. The lowest BCUT2D eigenvalue weighted by Gasteiger charge is -2.29. The van der Waals surface area contributed by atoms with Gasteiger partial charge in [0, 0.05) is 30.9 Å². The number of nitrogens with zero attached hydrogens (tertiary/aromatic N) is 1. The van der Waals surface area contributed by atoms with Gasteiger partial charge in [0.1, 0.15) is 0 Å². The Balaban J connectivity index is 2.27. The summed E-state index contributed by atoms with van der Waals surface area (Å²) in [6.07, 6.45) is 0.809. The molecular weight excluding hydrogens is 222 g/mol. The van der Waals surface area contributed by atoms with E-state index in [1.54, 1.807) is 0 Å². The van der Waals surface area contributed by atoms with Crippen LogP contribution in [0.4, 0.5) is 0 Å². The summed E-state index contributed by atoms with van der Waals surface area (Å²) >= 11 is 4.98. The number of hydrogen-bond acceptors (Lipinski definition) is 3. The second kappa shape index (κ2) is 4.51. The molecule has 0 unspecified atom stereocenters. The Labute approximate surface area is 99.7 Å². The summed E-state index contributed by atoms with van der Waals surface area (Å²) in [4.78, 5) is 19.7. The van der Waals surface area contributed by atoms with E-state index in [4.69, 9.17) is 12.2 Å². The third-order valence-electron chi connectivity index (χ3n) is 2.81. The van der Waals surface area contributed by atoms with Crippen LogP contribution in [-0.2, 0) is 13.0 Å². The third kappa shape index (κ3) is 2.41. The fourth-order valence-corrected chi connectivity index (χ4v) is 2.42. The number of aromatic amines is 2. The first kappa shape index (κ1) is 11.5. The lowest BCUT2D eigenvalue weighted by molar-refractivity contribution is 0.222. The maximum atomic E-state index is 11.7. The number of nitrogens with one attached hydrogen (secondary N) is 2. The van der Waals surface area contributed by atoms with Crippen molar-refractivity contribution < 1.29 is 0 Å². The summed E-state index contributed by atoms with van der Waals surface area (Å²) in [6.45, 7) is 7.23. The van der Waals surface area contributed by atoms with Crippen molar-refractivity contribution in [2.45, 2.75) is 26.8 Å². The molecule has 0 aromatic carbocycles. The molecular formula is C11H17N3OS. The number of hydrogen-bond donors (Lipinski definition) is 2. The molecule has 4 nitrogen and oxygen atoms in total. The molecule has 0 radical (unpaired) electrons. The van der Waals surface area contributed by atoms with E-state index >= 15 is 0 Å². The Bertz CT molecular complexity index is 489. The zero-order chi connectivity index (χ0) is 11.7. The molecule has 2 N–H and O–H groups in total. The van der Waals surface area contributed by atoms with E-state index in [0.717, 1.165) is 37.3 Å². The number of aromatic nitrogens is 2. The van der Waals surface area contributed by atoms with Gasteiger partial charge < -0.3 is 4.98 Å². The number of fused-ring (bicyclic) bond motifs is 1. The van der Waals surface area contributed by atoms with E-state index in [-0.39, 0.29) is 5.56 Å². The molecule has 0 bridgehead atoms. The highest BCUT2D eigenvalue weighted by atomic mass is 32.1. The molecule has 1 aromatic heterocycles. The van der Waals surface area contributed by atoms with Crippen molar-refractivity contribution in [3.8, 4) is 0 Å². The van der Waals surface area contributed by atoms with Gasteiger partial charge in [0.15, 0.2) is 4.77 Å². The molecule has 0 saturated heterocycles. The molecule has 0 saturated carbocycles. The molecule has 0 spiro atoms. The summed E-state index contributed by atoms with van der Waals surface area (Å²) in [7, 11) is 0. The van der Waals surface area contributed by atoms with Gasteiger partial charge in [-0.25, -0.2) is 0 Å². The zero-order valence-electron chi connectivity index (χ0n) is 9.67. The highest BCUT2D eigenvalue weighted by molar-refractivity contribution is 7.71. The summed E-state index contributed by atoms with van der Waals surface area (Å²) in [5.74, 6) is 0.645. The van der Waals surface area contributed by atoms with Gasteiger partial charge in [0.25, 0.3) is 5.56 Å². The molecule has 0 amide bonds. The molecule has 2 heterocycles. The third-order valence-corrected chi connectivity index (χ3v) is 3.02. The fraction of sp³-hybridized carbons (Fsp3) is 0.636. The van der Waals surface area contributed by atoms with Gasteiger partial charge in [0.05, 0.1) is 0 Å². The predicted octanol–water partition coefficient (Wildman–Crippen LogP) is 1.45. The van der Waals surface area contributed by atoms with E-state index in [1.807, 2.05) is 0 Å². The number of H-pyrrole nitrogens is 2. The summed E-state index contributed by atoms with van der Waals surface area (Å²) < 4.78 is 0.426. The minimum atomic E-state index is -0.0250. The first-order valence-electron chi connectivity index (χ1n) is 5.63. The minimum absolute atomic E-state index is 0.0250. The Morgan fingerprint density at radius 3 is 2.88 bits per heavy atom. The van der Waals surface area contributed by atoms with Crippen molar-refractivity contribution in [1.82, 2.24) is 14.9 Å². The largest absolute Gasteiger partial charge is 0.334 e. The quantitative estimate of drug-likeness (QED) is 0.768. The lowest BCUT2D eigenvalue weighted by atomic mass is 10.1. The minimum Gasteiger partial charge on any atom is -0.334 e. The van der Waals surface area contributed by atoms with Crippen LogP contribution in [0.5, 0.6) is 0 Å². The van der Waals surface area contributed by atoms with Gasteiger partial charge in [-0.05, 0) is 24.6 Å². The van der Waals surface area contributed by atoms with Gasteiger partial charge >= 0.3 is 0 Å². The molecule has 88 valence electrons. The van der Waals surface area contributed by atoms with Gasteiger partial charge in [-0.1, -0.05) is 13.8 Å². The van der Waals surface area contributed by atoms with E-state index in [9.17, 15) is 4.79 Å². The van der Waals surface area contributed by atoms with Crippen LogP contribution in [0.1, 0.15) is 25.1 Å². The normalized spacial score (nSPS) is 16.4. The fourth-order valence-electron chi connectivity index (χ4n) is 2.20. The van der Waals surface area contributed by atoms with Crippen molar-refractivity contribution >= 4 is 12.2 Å². The van der Waals surface area contributed by atoms with Gasteiger partial charge in [0.2, 0.25) is 0 Å². The predicted molar refractivity (Wildman–Crippen MR) is 66.1 cm³/mol. The molecule has 1 aliphatic rings. The smallest absolute Gasteiger partial charge is 0.255 e. The Morgan fingerprint density at radius 1 is 1.44 bits per heavy atom. The lowest BCUT2D eigenvalue weighted by Crippen LogP contribution is -2.37. The summed E-state index contributed by atoms with van der Waals surface area (Å²) in [5.41, 5.74) is 1.83.